The molecule has 0 aliphatic heterocycles. The van der Waals surface area contributed by atoms with Crippen molar-refractivity contribution >= 4 is 22.8 Å². The summed E-state index contributed by atoms with van der Waals surface area (Å²) in [5.74, 6) is -0.538. The van der Waals surface area contributed by atoms with Gasteiger partial charge in [-0.05, 0) is 18.2 Å². The van der Waals surface area contributed by atoms with E-state index in [2.05, 4.69) is 20.6 Å². The van der Waals surface area contributed by atoms with Crippen molar-refractivity contribution in [3.63, 3.8) is 0 Å². The molecule has 110 valence electrons. The van der Waals surface area contributed by atoms with Gasteiger partial charge in [0.05, 0.1) is 11.0 Å². The number of H-pyrrole nitrogens is 2. The molecule has 0 unspecified atom stereocenters. The van der Waals surface area contributed by atoms with Gasteiger partial charge in [0.15, 0.2) is 0 Å². The molecule has 0 saturated heterocycles. The van der Waals surface area contributed by atoms with Crippen molar-refractivity contribution in [2.45, 2.75) is 6.42 Å². The van der Waals surface area contributed by atoms with Gasteiger partial charge in [0.2, 0.25) is 5.91 Å². The van der Waals surface area contributed by atoms with Crippen LogP contribution < -0.4 is 21.8 Å². The molecule has 2 aromatic rings. The van der Waals surface area contributed by atoms with E-state index in [1.165, 1.54) is 25.2 Å². The monoisotopic (exact) mass is 290 g/mol. The predicted molar refractivity (Wildman–Crippen MR) is 76.2 cm³/mol. The van der Waals surface area contributed by atoms with Crippen molar-refractivity contribution in [2.24, 2.45) is 0 Å². The van der Waals surface area contributed by atoms with E-state index in [9.17, 15) is 19.2 Å². The van der Waals surface area contributed by atoms with Gasteiger partial charge in [-0.3, -0.25) is 19.2 Å². The van der Waals surface area contributed by atoms with Crippen molar-refractivity contribution in [3.05, 3.63) is 44.5 Å². The van der Waals surface area contributed by atoms with Gasteiger partial charge in [0, 0.05) is 25.6 Å². The van der Waals surface area contributed by atoms with Crippen molar-refractivity contribution < 1.29 is 9.59 Å². The molecule has 1 aromatic heterocycles. The summed E-state index contributed by atoms with van der Waals surface area (Å²) in [7, 11) is 1.52. The molecule has 0 radical (unpaired) electrons. The Bertz CT molecular complexity index is 806. The summed E-state index contributed by atoms with van der Waals surface area (Å²) >= 11 is 0. The van der Waals surface area contributed by atoms with Crippen LogP contribution in [0.3, 0.4) is 0 Å². The maximum absolute atomic E-state index is 11.9. The SMILES string of the molecule is CNC(=O)CCNC(=O)c1ccc2[nH]c(=O)c(=O)[nH]c2c1. The van der Waals surface area contributed by atoms with Crippen molar-refractivity contribution in [1.29, 1.82) is 0 Å². The van der Waals surface area contributed by atoms with Crippen LogP contribution in [0.4, 0.5) is 0 Å². The molecular formula is C13H14N4O4. The van der Waals surface area contributed by atoms with Gasteiger partial charge in [-0.2, -0.15) is 0 Å². The molecule has 8 nitrogen and oxygen atoms in total. The molecule has 2 amide bonds. The molecule has 1 aromatic carbocycles. The number of amides is 2. The molecule has 0 fully saturated rings. The summed E-state index contributed by atoms with van der Waals surface area (Å²) in [5, 5.41) is 5.04. The van der Waals surface area contributed by atoms with Gasteiger partial charge < -0.3 is 20.6 Å². The van der Waals surface area contributed by atoms with E-state index in [1.54, 1.807) is 0 Å². The number of nitrogens with one attached hydrogen (secondary N) is 4. The Morgan fingerprint density at radius 3 is 2.43 bits per heavy atom. The zero-order chi connectivity index (χ0) is 15.4. The molecule has 8 heteroatoms. The average Bonchev–Trinajstić information content (AvgIpc) is 2.47. The Kier molecular flexibility index (Phi) is 4.17. The molecule has 0 aliphatic rings. The Hall–Kier alpha value is -2.90. The maximum atomic E-state index is 11.9. The first kappa shape index (κ1) is 14.5. The van der Waals surface area contributed by atoms with E-state index in [0.29, 0.717) is 16.6 Å². The highest BCUT2D eigenvalue weighted by Gasteiger charge is 2.08. The smallest absolute Gasteiger partial charge is 0.314 e. The summed E-state index contributed by atoms with van der Waals surface area (Å²) in [5.41, 5.74) is -0.410. The first-order valence-electron chi connectivity index (χ1n) is 6.26. The number of rotatable bonds is 4. The van der Waals surface area contributed by atoms with Crippen molar-refractivity contribution in [3.8, 4) is 0 Å². The van der Waals surface area contributed by atoms with Crippen molar-refractivity contribution in [1.82, 2.24) is 20.6 Å². The lowest BCUT2D eigenvalue weighted by atomic mass is 10.2. The first-order chi connectivity index (χ1) is 10.0. The molecule has 0 bridgehead atoms. The highest BCUT2D eigenvalue weighted by Crippen LogP contribution is 2.09. The molecule has 0 atom stereocenters. The molecular weight excluding hydrogens is 276 g/mol. The minimum atomic E-state index is -0.778. The quantitative estimate of drug-likeness (QED) is 0.544. The summed E-state index contributed by atoms with van der Waals surface area (Å²) in [6.45, 7) is 0.207. The van der Waals surface area contributed by atoms with Gasteiger partial charge in [0.1, 0.15) is 0 Å². The Morgan fingerprint density at radius 1 is 1.10 bits per heavy atom. The molecule has 4 N–H and O–H groups in total. The fourth-order valence-electron chi connectivity index (χ4n) is 1.77. The van der Waals surface area contributed by atoms with E-state index >= 15 is 0 Å². The van der Waals surface area contributed by atoms with Crippen LogP contribution in [0.25, 0.3) is 11.0 Å². The second-order valence-corrected chi connectivity index (χ2v) is 4.35. The first-order valence-corrected chi connectivity index (χ1v) is 6.26. The fraction of sp³-hybridized carbons (Fsp3) is 0.231. The molecule has 1 heterocycles. The standard InChI is InChI=1S/C13H14N4O4/c1-14-10(18)4-5-15-11(19)7-2-3-8-9(6-7)17-13(21)12(20)16-8/h2-3,6H,4-5H2,1H3,(H,14,18)(H,15,19)(H,16,20)(H,17,21). The van der Waals surface area contributed by atoms with Crippen LogP contribution in [0.1, 0.15) is 16.8 Å². The lowest BCUT2D eigenvalue weighted by Gasteiger charge is -2.05. The average molecular weight is 290 g/mol. The summed E-state index contributed by atoms with van der Waals surface area (Å²) < 4.78 is 0. The summed E-state index contributed by atoms with van der Waals surface area (Å²) in [6.07, 6.45) is 0.181. The summed E-state index contributed by atoms with van der Waals surface area (Å²) in [4.78, 5) is 50.2. The predicted octanol–water partition coefficient (Wildman–Crippen LogP) is -0.918. The zero-order valence-corrected chi connectivity index (χ0v) is 11.3. The van der Waals surface area contributed by atoms with E-state index in [0.717, 1.165) is 0 Å². The molecule has 0 saturated carbocycles. The molecule has 0 aliphatic carbocycles. The van der Waals surface area contributed by atoms with Crippen LogP contribution in [0.5, 0.6) is 0 Å². The van der Waals surface area contributed by atoms with Gasteiger partial charge in [-0.1, -0.05) is 0 Å². The number of carbonyl (C=O) groups excluding carboxylic acids is 2. The minimum Gasteiger partial charge on any atom is -0.359 e. The number of fused-ring (bicyclic) bond motifs is 1. The second kappa shape index (κ2) is 6.04. The van der Waals surface area contributed by atoms with Crippen LogP contribution in [0, 0.1) is 0 Å². The Balaban J connectivity index is 2.17. The zero-order valence-electron chi connectivity index (χ0n) is 11.3. The highest BCUT2D eigenvalue weighted by molar-refractivity contribution is 5.97. The third-order valence-corrected chi connectivity index (χ3v) is 2.90. The topological polar surface area (TPSA) is 124 Å². The van der Waals surface area contributed by atoms with Crippen molar-refractivity contribution in [2.75, 3.05) is 13.6 Å². The van der Waals surface area contributed by atoms with Gasteiger partial charge in [-0.15, -0.1) is 0 Å². The number of carbonyl (C=O) groups is 2. The summed E-state index contributed by atoms with van der Waals surface area (Å²) in [6, 6.07) is 4.51. The van der Waals surface area contributed by atoms with Crippen LogP contribution >= 0.6 is 0 Å². The van der Waals surface area contributed by atoms with Gasteiger partial charge in [-0.25, -0.2) is 0 Å². The third kappa shape index (κ3) is 3.35. The Labute approximate surface area is 118 Å². The van der Waals surface area contributed by atoms with Gasteiger partial charge >= 0.3 is 11.1 Å². The number of hydrogen-bond acceptors (Lipinski definition) is 4. The molecule has 21 heavy (non-hydrogen) atoms. The minimum absolute atomic E-state index is 0.171. The van der Waals surface area contributed by atoms with Crippen LogP contribution in [0.15, 0.2) is 27.8 Å². The number of aromatic amines is 2. The molecule has 2 rings (SSSR count). The highest BCUT2D eigenvalue weighted by atomic mass is 16.2. The van der Waals surface area contributed by atoms with Crippen LogP contribution in [0.2, 0.25) is 0 Å². The normalized spacial score (nSPS) is 10.3. The number of aromatic nitrogens is 2. The van der Waals surface area contributed by atoms with Crippen LogP contribution in [-0.2, 0) is 4.79 Å². The second-order valence-electron chi connectivity index (χ2n) is 4.35. The van der Waals surface area contributed by atoms with Gasteiger partial charge in [0.25, 0.3) is 5.91 Å². The van der Waals surface area contributed by atoms with E-state index in [1.807, 2.05) is 0 Å². The molecule has 0 spiro atoms. The number of hydrogen-bond donors (Lipinski definition) is 4. The van der Waals surface area contributed by atoms with Crippen LogP contribution in [-0.4, -0.2) is 35.4 Å². The maximum Gasteiger partial charge on any atom is 0.314 e. The van der Waals surface area contributed by atoms with E-state index in [-0.39, 0.29) is 24.8 Å². The lowest BCUT2D eigenvalue weighted by Crippen LogP contribution is -2.30. The van der Waals surface area contributed by atoms with E-state index < -0.39 is 11.1 Å². The van der Waals surface area contributed by atoms with E-state index in [4.69, 9.17) is 0 Å². The Morgan fingerprint density at radius 2 is 1.76 bits per heavy atom. The number of benzene rings is 1. The largest absolute Gasteiger partial charge is 0.359 e. The third-order valence-electron chi connectivity index (χ3n) is 2.90. The lowest BCUT2D eigenvalue weighted by molar-refractivity contribution is -0.120. The fourth-order valence-corrected chi connectivity index (χ4v) is 1.77.